The molecule has 1 saturated heterocycles. The van der Waals surface area contributed by atoms with Gasteiger partial charge in [-0.25, -0.2) is 0 Å². The van der Waals surface area contributed by atoms with Crippen LogP contribution in [0.2, 0.25) is 0 Å². The number of carbonyl (C=O) groups excluding carboxylic acids is 2. The van der Waals surface area contributed by atoms with Crippen molar-refractivity contribution in [1.29, 1.82) is 0 Å². The molecule has 0 aromatic carbocycles. The van der Waals surface area contributed by atoms with Crippen molar-refractivity contribution in [3.05, 3.63) is 0 Å². The van der Waals surface area contributed by atoms with Crippen molar-refractivity contribution in [2.24, 2.45) is 5.92 Å². The van der Waals surface area contributed by atoms with Crippen molar-refractivity contribution in [3.8, 4) is 0 Å². The molecule has 1 heterocycles. The molecule has 2 unspecified atom stereocenters. The van der Waals surface area contributed by atoms with Crippen molar-refractivity contribution in [1.82, 2.24) is 9.80 Å². The van der Waals surface area contributed by atoms with Gasteiger partial charge >= 0.3 is 6.18 Å². The summed E-state index contributed by atoms with van der Waals surface area (Å²) in [5.41, 5.74) is 0. The van der Waals surface area contributed by atoms with Gasteiger partial charge in [0.15, 0.2) is 0 Å². The van der Waals surface area contributed by atoms with E-state index in [0.717, 1.165) is 24.2 Å². The van der Waals surface area contributed by atoms with Gasteiger partial charge in [-0.2, -0.15) is 13.2 Å². The maximum atomic E-state index is 12.6. The monoisotopic (exact) mass is 322 g/mol. The fraction of sp³-hybridized carbons (Fsp3) is 0.867. The van der Waals surface area contributed by atoms with Crippen LogP contribution in [-0.2, 0) is 9.59 Å². The smallest absolute Gasteiger partial charge is 0.340 e. The van der Waals surface area contributed by atoms with Gasteiger partial charge in [0, 0.05) is 25.6 Å². The summed E-state index contributed by atoms with van der Waals surface area (Å²) in [5, 5.41) is 0. The van der Waals surface area contributed by atoms with Crippen LogP contribution in [0.1, 0.15) is 46.5 Å². The minimum Gasteiger partial charge on any atom is -0.340 e. The third kappa shape index (κ3) is 5.18. The second-order valence-corrected chi connectivity index (χ2v) is 5.93. The largest absolute Gasteiger partial charge is 0.406 e. The van der Waals surface area contributed by atoms with Gasteiger partial charge in [-0.05, 0) is 19.8 Å². The van der Waals surface area contributed by atoms with E-state index in [4.69, 9.17) is 0 Å². The van der Waals surface area contributed by atoms with Crippen LogP contribution in [0.5, 0.6) is 0 Å². The van der Waals surface area contributed by atoms with E-state index in [1.54, 1.807) is 4.90 Å². The van der Waals surface area contributed by atoms with Gasteiger partial charge in [-0.15, -0.1) is 0 Å². The third-order valence-corrected chi connectivity index (χ3v) is 4.09. The summed E-state index contributed by atoms with van der Waals surface area (Å²) >= 11 is 0. The number of hydrogen-bond donors (Lipinski definition) is 0. The van der Waals surface area contributed by atoms with E-state index in [9.17, 15) is 22.8 Å². The van der Waals surface area contributed by atoms with Crippen LogP contribution in [0.25, 0.3) is 0 Å². The standard InChI is InChI=1S/C15H25F3N2O2/c1-4-6-7-20(11(3)5-2)14(22)12-8-13(21)19(9-12)10-15(16,17)18/h11-12H,4-10H2,1-3H3. The van der Waals surface area contributed by atoms with Crippen LogP contribution >= 0.6 is 0 Å². The number of hydrogen-bond acceptors (Lipinski definition) is 2. The number of amides is 2. The van der Waals surface area contributed by atoms with E-state index < -0.39 is 24.5 Å². The van der Waals surface area contributed by atoms with E-state index in [1.165, 1.54) is 0 Å². The molecule has 0 spiro atoms. The highest BCUT2D eigenvalue weighted by Gasteiger charge is 2.42. The lowest BCUT2D eigenvalue weighted by molar-refractivity contribution is -0.157. The lowest BCUT2D eigenvalue weighted by Gasteiger charge is -2.31. The first-order valence-corrected chi connectivity index (χ1v) is 7.84. The van der Waals surface area contributed by atoms with Crippen molar-refractivity contribution in [3.63, 3.8) is 0 Å². The predicted molar refractivity (Wildman–Crippen MR) is 77.1 cm³/mol. The highest BCUT2D eigenvalue weighted by Crippen LogP contribution is 2.26. The van der Waals surface area contributed by atoms with Crippen LogP contribution < -0.4 is 0 Å². The number of unbranched alkanes of at least 4 members (excludes halogenated alkanes) is 1. The van der Waals surface area contributed by atoms with E-state index >= 15 is 0 Å². The van der Waals surface area contributed by atoms with Gasteiger partial charge in [0.2, 0.25) is 11.8 Å². The number of rotatable bonds is 7. The molecular formula is C15H25F3N2O2. The molecule has 0 bridgehead atoms. The average Bonchev–Trinajstić information content (AvgIpc) is 2.77. The first-order chi connectivity index (χ1) is 10.2. The molecule has 0 aliphatic carbocycles. The summed E-state index contributed by atoms with van der Waals surface area (Å²) in [5.74, 6) is -1.43. The Morgan fingerprint density at radius 3 is 2.55 bits per heavy atom. The van der Waals surface area contributed by atoms with Crippen molar-refractivity contribution in [2.45, 2.75) is 58.7 Å². The molecule has 1 rings (SSSR count). The molecule has 2 atom stereocenters. The highest BCUT2D eigenvalue weighted by atomic mass is 19.4. The summed E-state index contributed by atoms with van der Waals surface area (Å²) in [4.78, 5) is 26.7. The Balaban J connectivity index is 2.73. The molecule has 7 heteroatoms. The van der Waals surface area contributed by atoms with E-state index in [-0.39, 0.29) is 24.9 Å². The Morgan fingerprint density at radius 1 is 1.41 bits per heavy atom. The molecule has 4 nitrogen and oxygen atoms in total. The summed E-state index contributed by atoms with van der Waals surface area (Å²) < 4.78 is 37.3. The number of likely N-dealkylation sites (tertiary alicyclic amines) is 1. The Bertz CT molecular complexity index is 399. The van der Waals surface area contributed by atoms with Gasteiger partial charge in [0.05, 0.1) is 5.92 Å². The van der Waals surface area contributed by atoms with Crippen LogP contribution in [0.4, 0.5) is 13.2 Å². The SMILES string of the molecule is CCCCN(C(=O)C1CC(=O)N(CC(F)(F)F)C1)C(C)CC. The van der Waals surface area contributed by atoms with Gasteiger partial charge in [0.25, 0.3) is 0 Å². The molecule has 0 aromatic rings. The van der Waals surface area contributed by atoms with Crippen molar-refractivity contribution >= 4 is 11.8 Å². The number of nitrogens with zero attached hydrogens (tertiary/aromatic N) is 2. The second kappa shape index (κ2) is 7.83. The number of alkyl halides is 3. The minimum atomic E-state index is -4.42. The lowest BCUT2D eigenvalue weighted by atomic mass is 10.0. The molecule has 22 heavy (non-hydrogen) atoms. The Kier molecular flexibility index (Phi) is 6.68. The topological polar surface area (TPSA) is 40.6 Å². The molecule has 128 valence electrons. The van der Waals surface area contributed by atoms with Crippen LogP contribution in [0, 0.1) is 5.92 Å². The van der Waals surface area contributed by atoms with Gasteiger partial charge < -0.3 is 9.80 Å². The van der Waals surface area contributed by atoms with E-state index in [1.807, 2.05) is 20.8 Å². The van der Waals surface area contributed by atoms with Gasteiger partial charge in [-0.1, -0.05) is 20.3 Å². The fourth-order valence-electron chi connectivity index (χ4n) is 2.64. The van der Waals surface area contributed by atoms with E-state index in [2.05, 4.69) is 0 Å². The average molecular weight is 322 g/mol. The molecule has 0 radical (unpaired) electrons. The maximum Gasteiger partial charge on any atom is 0.406 e. The van der Waals surface area contributed by atoms with Crippen molar-refractivity contribution < 1.29 is 22.8 Å². The summed E-state index contributed by atoms with van der Waals surface area (Å²) in [6.45, 7) is 5.10. The normalized spacial score (nSPS) is 20.4. The summed E-state index contributed by atoms with van der Waals surface area (Å²) in [7, 11) is 0. The zero-order chi connectivity index (χ0) is 16.9. The Hall–Kier alpha value is -1.27. The summed E-state index contributed by atoms with van der Waals surface area (Å²) in [6, 6.07) is 0.0332. The molecule has 1 fully saturated rings. The first kappa shape index (κ1) is 18.8. The Morgan fingerprint density at radius 2 is 2.05 bits per heavy atom. The van der Waals surface area contributed by atoms with Crippen molar-refractivity contribution in [2.75, 3.05) is 19.6 Å². The first-order valence-electron chi connectivity index (χ1n) is 7.84. The molecule has 1 aliphatic heterocycles. The fourth-order valence-corrected chi connectivity index (χ4v) is 2.64. The van der Waals surface area contributed by atoms with E-state index in [0.29, 0.717) is 6.54 Å². The van der Waals surface area contributed by atoms with Crippen LogP contribution in [0.15, 0.2) is 0 Å². The molecule has 1 aliphatic rings. The highest BCUT2D eigenvalue weighted by molar-refractivity contribution is 5.89. The summed E-state index contributed by atoms with van der Waals surface area (Å²) in [6.07, 6.45) is -1.98. The van der Waals surface area contributed by atoms with Gasteiger partial charge in [0.1, 0.15) is 6.54 Å². The zero-order valence-corrected chi connectivity index (χ0v) is 13.4. The number of carbonyl (C=O) groups is 2. The molecule has 2 amide bonds. The van der Waals surface area contributed by atoms with Crippen LogP contribution in [0.3, 0.4) is 0 Å². The third-order valence-electron chi connectivity index (χ3n) is 4.09. The minimum absolute atomic E-state index is 0.0332. The Labute approximate surface area is 129 Å². The zero-order valence-electron chi connectivity index (χ0n) is 13.4. The second-order valence-electron chi connectivity index (χ2n) is 5.93. The van der Waals surface area contributed by atoms with Gasteiger partial charge in [-0.3, -0.25) is 9.59 Å². The lowest BCUT2D eigenvalue weighted by Crippen LogP contribution is -2.43. The molecular weight excluding hydrogens is 297 g/mol. The molecule has 0 aromatic heterocycles. The quantitative estimate of drug-likeness (QED) is 0.723. The predicted octanol–water partition coefficient (Wildman–Crippen LogP) is 2.82. The molecule has 0 saturated carbocycles. The number of halogens is 3. The molecule has 0 N–H and O–H groups in total. The van der Waals surface area contributed by atoms with Crippen LogP contribution in [-0.4, -0.2) is 53.5 Å². The maximum absolute atomic E-state index is 12.6.